The Kier molecular flexibility index (Phi) is 4.63. The predicted octanol–water partition coefficient (Wildman–Crippen LogP) is 3.39. The average Bonchev–Trinajstić information content (AvgIpc) is 2.91. The molecule has 1 heterocycles. The van der Waals surface area contributed by atoms with E-state index in [1.54, 1.807) is 17.6 Å². The Morgan fingerprint density at radius 2 is 2.16 bits per heavy atom. The molecule has 0 radical (unpaired) electrons. The van der Waals surface area contributed by atoms with Crippen LogP contribution in [0.2, 0.25) is 10.0 Å². The number of benzene rings is 1. The first-order valence-electron chi connectivity index (χ1n) is 5.30. The van der Waals surface area contributed by atoms with Crippen LogP contribution >= 0.6 is 34.5 Å². The highest BCUT2D eigenvalue weighted by molar-refractivity contribution is 7.07. The van der Waals surface area contributed by atoms with Crippen LogP contribution < -0.4 is 10.1 Å². The molecule has 0 unspecified atom stereocenters. The Hall–Kier alpha value is -1.30. The van der Waals surface area contributed by atoms with Gasteiger partial charge in [-0.15, -0.1) is 11.3 Å². The largest absolute Gasteiger partial charge is 0.494 e. The summed E-state index contributed by atoms with van der Waals surface area (Å²) in [6.45, 7) is 0.328. The van der Waals surface area contributed by atoms with Gasteiger partial charge in [0.1, 0.15) is 5.56 Å². The third kappa shape index (κ3) is 3.18. The summed E-state index contributed by atoms with van der Waals surface area (Å²) >= 11 is 13.5. The molecule has 0 spiro atoms. The number of rotatable bonds is 4. The zero-order valence-corrected chi connectivity index (χ0v) is 12.3. The lowest BCUT2D eigenvalue weighted by atomic mass is 10.2. The molecular weight excluding hydrogens is 307 g/mol. The highest BCUT2D eigenvalue weighted by Crippen LogP contribution is 2.33. The minimum absolute atomic E-state index is 0.229. The van der Waals surface area contributed by atoms with Crippen molar-refractivity contribution >= 4 is 40.4 Å². The number of hydrogen-bond donors (Lipinski definition) is 1. The number of amides is 1. The van der Waals surface area contributed by atoms with Gasteiger partial charge >= 0.3 is 0 Å². The summed E-state index contributed by atoms with van der Waals surface area (Å²) in [6.07, 6.45) is 0. The van der Waals surface area contributed by atoms with Gasteiger partial charge in [-0.1, -0.05) is 23.2 Å². The van der Waals surface area contributed by atoms with E-state index in [-0.39, 0.29) is 22.2 Å². The Morgan fingerprint density at radius 3 is 2.79 bits per heavy atom. The molecule has 4 nitrogen and oxygen atoms in total. The van der Waals surface area contributed by atoms with Crippen LogP contribution in [0.15, 0.2) is 23.0 Å². The summed E-state index contributed by atoms with van der Waals surface area (Å²) in [4.78, 5) is 16.2. The average molecular weight is 317 g/mol. The summed E-state index contributed by atoms with van der Waals surface area (Å²) in [6, 6.07) is 3.14. The Bertz CT molecular complexity index is 588. The van der Waals surface area contributed by atoms with Crippen LogP contribution in [0.1, 0.15) is 16.1 Å². The molecule has 19 heavy (non-hydrogen) atoms. The molecule has 0 aliphatic rings. The van der Waals surface area contributed by atoms with Crippen molar-refractivity contribution in [1.29, 1.82) is 0 Å². The van der Waals surface area contributed by atoms with Gasteiger partial charge in [0.05, 0.1) is 34.9 Å². The molecule has 0 aliphatic heterocycles. The van der Waals surface area contributed by atoms with Gasteiger partial charge < -0.3 is 10.1 Å². The Labute approximate surface area is 124 Å². The van der Waals surface area contributed by atoms with E-state index in [0.717, 1.165) is 5.69 Å². The van der Waals surface area contributed by atoms with E-state index in [2.05, 4.69) is 10.3 Å². The SMILES string of the molecule is COc1c(Cl)ccc(Cl)c1C(=O)NCc1cscn1. The molecule has 0 fully saturated rings. The monoisotopic (exact) mass is 316 g/mol. The third-order valence-electron chi connectivity index (χ3n) is 2.40. The molecule has 0 saturated heterocycles. The molecule has 1 N–H and O–H groups in total. The molecule has 2 aromatic rings. The smallest absolute Gasteiger partial charge is 0.256 e. The first-order chi connectivity index (χ1) is 9.13. The Morgan fingerprint density at radius 1 is 1.42 bits per heavy atom. The number of halogens is 2. The molecule has 2 rings (SSSR count). The third-order valence-corrected chi connectivity index (χ3v) is 3.65. The van der Waals surface area contributed by atoms with Gasteiger partial charge in [0, 0.05) is 5.38 Å². The number of thiazole rings is 1. The predicted molar refractivity (Wildman–Crippen MR) is 76.3 cm³/mol. The van der Waals surface area contributed by atoms with E-state index in [4.69, 9.17) is 27.9 Å². The number of carbonyl (C=O) groups excluding carboxylic acids is 1. The zero-order chi connectivity index (χ0) is 13.8. The number of nitrogens with one attached hydrogen (secondary N) is 1. The van der Waals surface area contributed by atoms with Crippen molar-refractivity contribution in [2.24, 2.45) is 0 Å². The van der Waals surface area contributed by atoms with Crippen LogP contribution in [0.3, 0.4) is 0 Å². The second kappa shape index (κ2) is 6.23. The molecular formula is C12H10Cl2N2O2S. The number of nitrogens with zero attached hydrogens (tertiary/aromatic N) is 1. The fourth-order valence-corrected chi connectivity index (χ4v) is 2.56. The normalized spacial score (nSPS) is 10.3. The number of carbonyl (C=O) groups is 1. The van der Waals surface area contributed by atoms with Gasteiger partial charge in [-0.05, 0) is 12.1 Å². The van der Waals surface area contributed by atoms with Crippen LogP contribution in [-0.2, 0) is 6.54 Å². The molecule has 1 aromatic heterocycles. The standard InChI is InChI=1S/C12H10Cl2N2O2S/c1-18-11-9(14)3-2-8(13)10(11)12(17)15-4-7-5-19-6-16-7/h2-3,5-6H,4H2,1H3,(H,15,17). The molecule has 0 atom stereocenters. The molecule has 0 saturated carbocycles. The fraction of sp³-hybridized carbons (Fsp3) is 0.167. The van der Waals surface area contributed by atoms with Crippen molar-refractivity contribution in [3.8, 4) is 5.75 Å². The van der Waals surface area contributed by atoms with Gasteiger partial charge in [-0.3, -0.25) is 4.79 Å². The van der Waals surface area contributed by atoms with Gasteiger partial charge in [-0.25, -0.2) is 4.98 Å². The van der Waals surface area contributed by atoms with Crippen molar-refractivity contribution in [3.05, 3.63) is 44.3 Å². The minimum Gasteiger partial charge on any atom is -0.494 e. The number of aromatic nitrogens is 1. The fourth-order valence-electron chi connectivity index (χ4n) is 1.53. The molecule has 1 aromatic carbocycles. The lowest BCUT2D eigenvalue weighted by Crippen LogP contribution is -2.24. The van der Waals surface area contributed by atoms with Crippen LogP contribution in [0.5, 0.6) is 5.75 Å². The molecule has 1 amide bonds. The number of methoxy groups -OCH3 is 1. The first-order valence-corrected chi connectivity index (χ1v) is 7.00. The van der Waals surface area contributed by atoms with Gasteiger partial charge in [-0.2, -0.15) is 0 Å². The van der Waals surface area contributed by atoms with Crippen molar-refractivity contribution in [2.75, 3.05) is 7.11 Å². The van der Waals surface area contributed by atoms with Crippen molar-refractivity contribution in [3.63, 3.8) is 0 Å². The minimum atomic E-state index is -0.350. The Balaban J connectivity index is 2.21. The maximum atomic E-state index is 12.1. The topological polar surface area (TPSA) is 51.2 Å². The van der Waals surface area contributed by atoms with Crippen LogP contribution in [0.25, 0.3) is 0 Å². The van der Waals surface area contributed by atoms with Crippen molar-refractivity contribution in [1.82, 2.24) is 10.3 Å². The van der Waals surface area contributed by atoms with E-state index in [1.165, 1.54) is 18.4 Å². The summed E-state index contributed by atoms with van der Waals surface area (Å²) in [5, 5.41) is 5.21. The molecule has 7 heteroatoms. The maximum absolute atomic E-state index is 12.1. The van der Waals surface area contributed by atoms with E-state index in [1.807, 2.05) is 5.38 Å². The summed E-state index contributed by atoms with van der Waals surface area (Å²) < 4.78 is 5.12. The van der Waals surface area contributed by atoms with Crippen LogP contribution in [-0.4, -0.2) is 18.0 Å². The summed E-state index contributed by atoms with van der Waals surface area (Å²) in [7, 11) is 1.44. The first kappa shape index (κ1) is 14.1. The van der Waals surface area contributed by atoms with E-state index < -0.39 is 0 Å². The molecule has 100 valence electrons. The number of hydrogen-bond acceptors (Lipinski definition) is 4. The van der Waals surface area contributed by atoms with Gasteiger partial charge in [0.25, 0.3) is 5.91 Å². The number of ether oxygens (including phenoxy) is 1. The molecule has 0 aliphatic carbocycles. The lowest BCUT2D eigenvalue weighted by molar-refractivity contribution is 0.0947. The summed E-state index contributed by atoms with van der Waals surface area (Å²) in [5.74, 6) is -0.0812. The maximum Gasteiger partial charge on any atom is 0.256 e. The second-order valence-electron chi connectivity index (χ2n) is 3.60. The van der Waals surface area contributed by atoms with Gasteiger partial charge in [0.15, 0.2) is 5.75 Å². The highest BCUT2D eigenvalue weighted by Gasteiger charge is 2.19. The lowest BCUT2D eigenvalue weighted by Gasteiger charge is -2.11. The van der Waals surface area contributed by atoms with E-state index in [0.29, 0.717) is 11.6 Å². The second-order valence-corrected chi connectivity index (χ2v) is 5.13. The van der Waals surface area contributed by atoms with E-state index in [9.17, 15) is 4.79 Å². The summed E-state index contributed by atoms with van der Waals surface area (Å²) in [5.41, 5.74) is 2.72. The van der Waals surface area contributed by atoms with Crippen LogP contribution in [0.4, 0.5) is 0 Å². The van der Waals surface area contributed by atoms with Gasteiger partial charge in [0.2, 0.25) is 0 Å². The van der Waals surface area contributed by atoms with Crippen molar-refractivity contribution < 1.29 is 9.53 Å². The van der Waals surface area contributed by atoms with Crippen molar-refractivity contribution in [2.45, 2.75) is 6.54 Å². The van der Waals surface area contributed by atoms with E-state index >= 15 is 0 Å². The van der Waals surface area contributed by atoms with Crippen LogP contribution in [0, 0.1) is 0 Å². The quantitative estimate of drug-likeness (QED) is 0.940. The zero-order valence-electron chi connectivity index (χ0n) is 9.94. The molecule has 0 bridgehead atoms. The highest BCUT2D eigenvalue weighted by atomic mass is 35.5.